The minimum absolute atomic E-state index is 0.148. The highest BCUT2D eigenvalue weighted by molar-refractivity contribution is 7.99. The maximum absolute atomic E-state index is 12.0. The third kappa shape index (κ3) is 3.86. The summed E-state index contributed by atoms with van der Waals surface area (Å²) in [5.41, 5.74) is 2.01. The minimum atomic E-state index is 0.148. The van der Waals surface area contributed by atoms with E-state index in [1.165, 1.54) is 4.88 Å². The monoisotopic (exact) mass is 310 g/mol. The first kappa shape index (κ1) is 15.1. The van der Waals surface area contributed by atoms with Crippen LogP contribution in [0.25, 0.3) is 0 Å². The molecule has 0 unspecified atom stereocenters. The summed E-state index contributed by atoms with van der Waals surface area (Å²) in [7, 11) is 1.85. The first-order chi connectivity index (χ1) is 9.58. The minimum Gasteiger partial charge on any atom is -0.361 e. The number of amides is 1. The quantitative estimate of drug-likeness (QED) is 0.821. The number of nitrogens with zero attached hydrogens (tertiary/aromatic N) is 2. The SMILES string of the molecule is Cc1noc(C)c1CSCC(=O)N(C)Cc1cccs1. The van der Waals surface area contributed by atoms with Gasteiger partial charge in [0.1, 0.15) is 5.76 Å². The Balaban J connectivity index is 1.77. The Kier molecular flexibility index (Phi) is 5.25. The van der Waals surface area contributed by atoms with Crippen LogP contribution in [0.5, 0.6) is 0 Å². The zero-order valence-electron chi connectivity index (χ0n) is 11.9. The van der Waals surface area contributed by atoms with Gasteiger partial charge in [0.15, 0.2) is 0 Å². The van der Waals surface area contributed by atoms with Crippen molar-refractivity contribution in [3.8, 4) is 0 Å². The number of aromatic nitrogens is 1. The first-order valence-corrected chi connectivity index (χ1v) is 8.37. The largest absolute Gasteiger partial charge is 0.361 e. The van der Waals surface area contributed by atoms with Gasteiger partial charge in [-0.05, 0) is 25.3 Å². The summed E-state index contributed by atoms with van der Waals surface area (Å²) in [6.45, 7) is 4.51. The van der Waals surface area contributed by atoms with Gasteiger partial charge in [-0.2, -0.15) is 0 Å². The molecule has 0 aliphatic rings. The molecule has 0 radical (unpaired) electrons. The molecule has 0 N–H and O–H groups in total. The summed E-state index contributed by atoms with van der Waals surface area (Å²) < 4.78 is 5.11. The molecular formula is C14H18N2O2S2. The van der Waals surface area contributed by atoms with Gasteiger partial charge < -0.3 is 9.42 Å². The van der Waals surface area contributed by atoms with Gasteiger partial charge in [-0.3, -0.25) is 4.79 Å². The molecule has 0 spiro atoms. The van der Waals surface area contributed by atoms with E-state index in [1.54, 1.807) is 28.0 Å². The van der Waals surface area contributed by atoms with Crippen molar-refractivity contribution in [1.29, 1.82) is 0 Å². The van der Waals surface area contributed by atoms with Gasteiger partial charge in [-0.15, -0.1) is 23.1 Å². The molecule has 2 heterocycles. The van der Waals surface area contributed by atoms with E-state index in [4.69, 9.17) is 4.52 Å². The molecule has 0 saturated carbocycles. The number of carbonyl (C=O) groups excluding carboxylic acids is 1. The molecule has 2 aromatic rings. The van der Waals surface area contributed by atoms with Gasteiger partial charge in [0.05, 0.1) is 18.0 Å². The average molecular weight is 310 g/mol. The number of rotatable bonds is 6. The van der Waals surface area contributed by atoms with Gasteiger partial charge in [0.2, 0.25) is 5.91 Å². The number of aryl methyl sites for hydroxylation is 2. The lowest BCUT2D eigenvalue weighted by molar-refractivity contribution is -0.127. The van der Waals surface area contributed by atoms with Crippen LogP contribution < -0.4 is 0 Å². The highest BCUT2D eigenvalue weighted by Gasteiger charge is 2.13. The molecule has 4 nitrogen and oxygen atoms in total. The van der Waals surface area contributed by atoms with Gasteiger partial charge in [0, 0.05) is 23.2 Å². The molecule has 0 aliphatic carbocycles. The highest BCUT2D eigenvalue weighted by atomic mass is 32.2. The van der Waals surface area contributed by atoms with E-state index in [0.717, 1.165) is 22.8 Å². The Morgan fingerprint density at radius 3 is 2.90 bits per heavy atom. The molecule has 1 amide bonds. The van der Waals surface area contributed by atoms with Crippen LogP contribution in [0.1, 0.15) is 21.9 Å². The van der Waals surface area contributed by atoms with Crippen LogP contribution in [0.3, 0.4) is 0 Å². The van der Waals surface area contributed by atoms with Gasteiger partial charge in [0.25, 0.3) is 0 Å². The lowest BCUT2D eigenvalue weighted by atomic mass is 10.2. The Morgan fingerprint density at radius 1 is 1.50 bits per heavy atom. The third-order valence-electron chi connectivity index (χ3n) is 3.05. The number of hydrogen-bond acceptors (Lipinski definition) is 5. The van der Waals surface area contributed by atoms with Crippen molar-refractivity contribution in [2.75, 3.05) is 12.8 Å². The lowest BCUT2D eigenvalue weighted by Crippen LogP contribution is -2.27. The molecule has 108 valence electrons. The van der Waals surface area contributed by atoms with Crippen molar-refractivity contribution < 1.29 is 9.32 Å². The molecule has 0 fully saturated rings. The highest BCUT2D eigenvalue weighted by Crippen LogP contribution is 2.20. The van der Waals surface area contributed by atoms with Crippen LogP contribution in [0.2, 0.25) is 0 Å². The van der Waals surface area contributed by atoms with E-state index in [0.29, 0.717) is 12.3 Å². The number of carbonyl (C=O) groups is 1. The number of thiophene rings is 1. The van der Waals surface area contributed by atoms with Crippen molar-refractivity contribution in [3.63, 3.8) is 0 Å². The third-order valence-corrected chi connectivity index (χ3v) is 4.86. The molecule has 6 heteroatoms. The van der Waals surface area contributed by atoms with E-state index in [-0.39, 0.29) is 5.91 Å². The van der Waals surface area contributed by atoms with E-state index in [9.17, 15) is 4.79 Å². The van der Waals surface area contributed by atoms with E-state index in [1.807, 2.05) is 38.4 Å². The fourth-order valence-electron chi connectivity index (χ4n) is 1.78. The van der Waals surface area contributed by atoms with Gasteiger partial charge >= 0.3 is 0 Å². The normalized spacial score (nSPS) is 10.8. The second-order valence-corrected chi connectivity index (χ2v) is 6.64. The summed E-state index contributed by atoms with van der Waals surface area (Å²) in [5, 5.41) is 5.94. The maximum atomic E-state index is 12.0. The molecule has 2 aromatic heterocycles. The van der Waals surface area contributed by atoms with E-state index >= 15 is 0 Å². The first-order valence-electron chi connectivity index (χ1n) is 6.33. The van der Waals surface area contributed by atoms with Gasteiger partial charge in [-0.25, -0.2) is 0 Å². The summed E-state index contributed by atoms with van der Waals surface area (Å²) in [4.78, 5) is 15.0. The summed E-state index contributed by atoms with van der Waals surface area (Å²) in [5.74, 6) is 2.23. The smallest absolute Gasteiger partial charge is 0.232 e. The van der Waals surface area contributed by atoms with Crippen LogP contribution in [0.4, 0.5) is 0 Å². The second kappa shape index (κ2) is 6.95. The van der Waals surface area contributed by atoms with Crippen LogP contribution in [-0.4, -0.2) is 28.8 Å². The zero-order chi connectivity index (χ0) is 14.5. The summed E-state index contributed by atoms with van der Waals surface area (Å²) in [6, 6.07) is 4.05. The summed E-state index contributed by atoms with van der Waals surface area (Å²) in [6.07, 6.45) is 0. The van der Waals surface area contributed by atoms with Crippen molar-refractivity contribution in [1.82, 2.24) is 10.1 Å². The predicted molar refractivity (Wildman–Crippen MR) is 82.9 cm³/mol. The Hall–Kier alpha value is -1.27. The fourth-order valence-corrected chi connectivity index (χ4v) is 3.65. The Bertz CT molecular complexity index is 544. The van der Waals surface area contributed by atoms with E-state index in [2.05, 4.69) is 5.16 Å². The lowest BCUT2D eigenvalue weighted by Gasteiger charge is -2.15. The van der Waals surface area contributed by atoms with Crippen molar-refractivity contribution in [2.24, 2.45) is 0 Å². The van der Waals surface area contributed by atoms with Crippen molar-refractivity contribution in [2.45, 2.75) is 26.1 Å². The number of hydrogen-bond donors (Lipinski definition) is 0. The standard InChI is InChI=1S/C14H18N2O2S2/c1-10-13(11(2)18-15-10)8-19-9-14(17)16(3)7-12-5-4-6-20-12/h4-6H,7-9H2,1-3H3. The zero-order valence-corrected chi connectivity index (χ0v) is 13.5. The number of thioether (sulfide) groups is 1. The van der Waals surface area contributed by atoms with Crippen LogP contribution >= 0.6 is 23.1 Å². The van der Waals surface area contributed by atoms with Gasteiger partial charge in [-0.1, -0.05) is 11.2 Å². The predicted octanol–water partition coefficient (Wildman–Crippen LogP) is 3.24. The molecule has 0 saturated heterocycles. The summed E-state index contributed by atoms with van der Waals surface area (Å²) >= 11 is 3.27. The van der Waals surface area contributed by atoms with Crippen molar-refractivity contribution >= 4 is 29.0 Å². The average Bonchev–Trinajstić information content (AvgIpc) is 3.02. The van der Waals surface area contributed by atoms with E-state index < -0.39 is 0 Å². The topological polar surface area (TPSA) is 46.3 Å². The molecule has 0 bridgehead atoms. The second-order valence-electron chi connectivity index (χ2n) is 4.62. The van der Waals surface area contributed by atoms with Crippen LogP contribution in [-0.2, 0) is 17.1 Å². The maximum Gasteiger partial charge on any atom is 0.232 e. The molecule has 0 atom stereocenters. The van der Waals surface area contributed by atoms with Crippen LogP contribution in [0.15, 0.2) is 22.0 Å². The molecule has 20 heavy (non-hydrogen) atoms. The molecule has 0 aliphatic heterocycles. The Morgan fingerprint density at radius 2 is 2.30 bits per heavy atom. The van der Waals surface area contributed by atoms with Crippen LogP contribution in [0, 0.1) is 13.8 Å². The van der Waals surface area contributed by atoms with Crippen molar-refractivity contribution in [3.05, 3.63) is 39.4 Å². The molecule has 2 rings (SSSR count). The molecular weight excluding hydrogens is 292 g/mol. The molecule has 0 aromatic carbocycles. The fraction of sp³-hybridized carbons (Fsp3) is 0.429. The Labute approximate surface area is 127 Å².